The maximum Gasteiger partial charge on any atom is 0.337 e. The summed E-state index contributed by atoms with van der Waals surface area (Å²) in [4.78, 5) is 11.1. The molecule has 0 saturated carbocycles. The van der Waals surface area contributed by atoms with Crippen molar-refractivity contribution in [3.8, 4) is 0 Å². The van der Waals surface area contributed by atoms with Crippen molar-refractivity contribution in [3.05, 3.63) is 35.4 Å². The molecule has 0 aliphatic heterocycles. The third-order valence-corrected chi connectivity index (χ3v) is 4.42. The zero-order chi connectivity index (χ0) is 15.5. The first-order valence-corrected chi connectivity index (χ1v) is 7.35. The predicted octanol–water partition coefficient (Wildman–Crippen LogP) is 1.80. The van der Waals surface area contributed by atoms with E-state index in [4.69, 9.17) is 16.7 Å². The van der Waals surface area contributed by atoms with E-state index in [0.717, 1.165) is 10.4 Å². The predicted molar refractivity (Wildman–Crippen MR) is 77.8 cm³/mol. The first-order chi connectivity index (χ1) is 9.16. The molecule has 0 heterocycles. The normalized spacial score (nSPS) is 11.4. The molecule has 0 spiro atoms. The van der Waals surface area contributed by atoms with Crippen LogP contribution in [0.2, 0.25) is 0 Å². The number of carboxylic acid groups (broad SMARTS) is 1. The molecule has 0 aromatic heterocycles. The van der Waals surface area contributed by atoms with Crippen molar-refractivity contribution in [2.45, 2.75) is 4.90 Å². The molecule has 1 rings (SSSR count). The lowest BCUT2D eigenvalue weighted by atomic mass is 10.2. The Morgan fingerprint density at radius 2 is 2.05 bits per heavy atom. The minimum atomic E-state index is -3.68. The maximum atomic E-state index is 12.0. The summed E-state index contributed by atoms with van der Waals surface area (Å²) in [5, 5.41) is 12.2. The van der Waals surface area contributed by atoms with Crippen molar-refractivity contribution in [1.29, 1.82) is 0 Å². The average Bonchev–Trinajstić information content (AvgIpc) is 2.35. The molecule has 0 saturated heterocycles. The summed E-state index contributed by atoms with van der Waals surface area (Å²) in [5.41, 5.74) is 0.128. The number of benzene rings is 1. The summed E-state index contributed by atoms with van der Waals surface area (Å²) in [7, 11) is -0.933. The van der Waals surface area contributed by atoms with Gasteiger partial charge in [-0.3, -0.25) is 0 Å². The molecular formula is C12H15ClN2O4S. The highest BCUT2D eigenvalue weighted by atomic mass is 35.5. The topological polar surface area (TPSA) is 86.7 Å². The molecule has 0 amide bonds. The van der Waals surface area contributed by atoms with Gasteiger partial charge in [0, 0.05) is 24.8 Å². The molecular weight excluding hydrogens is 304 g/mol. The van der Waals surface area contributed by atoms with E-state index in [1.54, 1.807) is 0 Å². The highest BCUT2D eigenvalue weighted by Crippen LogP contribution is 2.22. The number of carbonyl (C=O) groups is 1. The number of halogens is 1. The molecule has 6 nitrogen and oxygen atoms in total. The number of sulfonamides is 1. The number of rotatable bonds is 6. The molecule has 110 valence electrons. The van der Waals surface area contributed by atoms with Crippen molar-refractivity contribution in [3.63, 3.8) is 0 Å². The molecule has 1 aromatic carbocycles. The van der Waals surface area contributed by atoms with Gasteiger partial charge in [-0.25, -0.2) is 17.5 Å². The summed E-state index contributed by atoms with van der Waals surface area (Å²) in [6, 6.07) is 3.83. The van der Waals surface area contributed by atoms with Gasteiger partial charge in [0.25, 0.3) is 0 Å². The standard InChI is InChI=1S/C12H15ClN2O4S/c1-8(13)7-14-11-5-4-9(6-10(11)12(16)17)20(18,19)15(2)3/h4-6,14H,1,7H2,2-3H3,(H,16,17). The van der Waals surface area contributed by atoms with Gasteiger partial charge >= 0.3 is 5.97 Å². The lowest BCUT2D eigenvalue weighted by molar-refractivity contribution is 0.0697. The first-order valence-electron chi connectivity index (χ1n) is 5.53. The molecule has 2 N–H and O–H groups in total. The Morgan fingerprint density at radius 3 is 2.50 bits per heavy atom. The van der Waals surface area contributed by atoms with Crippen LogP contribution >= 0.6 is 11.6 Å². The van der Waals surface area contributed by atoms with E-state index in [-0.39, 0.29) is 22.7 Å². The highest BCUT2D eigenvalue weighted by Gasteiger charge is 2.20. The minimum absolute atomic E-state index is 0.0878. The number of anilines is 1. The van der Waals surface area contributed by atoms with E-state index < -0.39 is 16.0 Å². The Kier molecular flexibility index (Phi) is 5.15. The van der Waals surface area contributed by atoms with Crippen LogP contribution in [0.5, 0.6) is 0 Å². The van der Waals surface area contributed by atoms with Crippen LogP contribution in [0.15, 0.2) is 34.7 Å². The van der Waals surface area contributed by atoms with Gasteiger partial charge in [0.2, 0.25) is 10.0 Å². The molecule has 0 aliphatic rings. The van der Waals surface area contributed by atoms with Gasteiger partial charge in [0.15, 0.2) is 0 Å². The zero-order valence-electron chi connectivity index (χ0n) is 11.1. The van der Waals surface area contributed by atoms with Crippen LogP contribution in [0, 0.1) is 0 Å². The number of carboxylic acids is 1. The van der Waals surface area contributed by atoms with E-state index >= 15 is 0 Å². The number of hydrogen-bond acceptors (Lipinski definition) is 4. The summed E-state index contributed by atoms with van der Waals surface area (Å²) < 4.78 is 24.9. The van der Waals surface area contributed by atoms with Crippen LogP contribution in [0.1, 0.15) is 10.4 Å². The number of hydrogen-bond donors (Lipinski definition) is 2. The lowest BCUT2D eigenvalue weighted by Crippen LogP contribution is -2.22. The van der Waals surface area contributed by atoms with E-state index in [1.165, 1.54) is 26.2 Å². The molecule has 0 aliphatic carbocycles. The van der Waals surface area contributed by atoms with E-state index in [1.807, 2.05) is 0 Å². The number of nitrogens with one attached hydrogen (secondary N) is 1. The molecule has 0 radical (unpaired) electrons. The second kappa shape index (κ2) is 6.25. The summed E-state index contributed by atoms with van der Waals surface area (Å²) >= 11 is 5.60. The summed E-state index contributed by atoms with van der Waals surface area (Å²) in [6.07, 6.45) is 0. The van der Waals surface area contributed by atoms with Crippen LogP contribution in [0.4, 0.5) is 5.69 Å². The lowest BCUT2D eigenvalue weighted by Gasteiger charge is -2.14. The summed E-state index contributed by atoms with van der Waals surface area (Å²) in [6.45, 7) is 3.66. The zero-order valence-corrected chi connectivity index (χ0v) is 12.6. The van der Waals surface area contributed by atoms with Gasteiger partial charge in [0.05, 0.1) is 17.0 Å². The third-order valence-electron chi connectivity index (χ3n) is 2.47. The van der Waals surface area contributed by atoms with Crippen LogP contribution in [-0.2, 0) is 10.0 Å². The first kappa shape index (κ1) is 16.5. The van der Waals surface area contributed by atoms with Gasteiger partial charge in [-0.05, 0) is 18.2 Å². The van der Waals surface area contributed by atoms with E-state index in [9.17, 15) is 13.2 Å². The van der Waals surface area contributed by atoms with Crippen molar-refractivity contribution in [1.82, 2.24) is 4.31 Å². The van der Waals surface area contributed by atoms with Gasteiger partial charge in [-0.1, -0.05) is 18.2 Å². The minimum Gasteiger partial charge on any atom is -0.478 e. The summed E-state index contributed by atoms with van der Waals surface area (Å²) in [5.74, 6) is -1.23. The van der Waals surface area contributed by atoms with Crippen LogP contribution < -0.4 is 5.32 Å². The Morgan fingerprint density at radius 1 is 1.45 bits per heavy atom. The molecule has 0 fully saturated rings. The maximum absolute atomic E-state index is 12.0. The van der Waals surface area contributed by atoms with Gasteiger partial charge in [-0.15, -0.1) is 0 Å². The monoisotopic (exact) mass is 318 g/mol. The van der Waals surface area contributed by atoms with Crippen molar-refractivity contribution in [2.24, 2.45) is 0 Å². The largest absolute Gasteiger partial charge is 0.478 e. The molecule has 0 unspecified atom stereocenters. The van der Waals surface area contributed by atoms with E-state index in [0.29, 0.717) is 5.03 Å². The van der Waals surface area contributed by atoms with Crippen molar-refractivity contribution >= 4 is 33.3 Å². The average molecular weight is 319 g/mol. The Bertz CT molecular complexity index is 641. The van der Waals surface area contributed by atoms with Crippen LogP contribution in [-0.4, -0.2) is 44.4 Å². The fraction of sp³-hybridized carbons (Fsp3) is 0.250. The highest BCUT2D eigenvalue weighted by molar-refractivity contribution is 7.89. The second-order valence-corrected chi connectivity index (χ2v) is 6.86. The fourth-order valence-corrected chi connectivity index (χ4v) is 2.41. The van der Waals surface area contributed by atoms with Gasteiger partial charge in [0.1, 0.15) is 0 Å². The number of aromatic carboxylic acids is 1. The smallest absolute Gasteiger partial charge is 0.337 e. The molecule has 20 heavy (non-hydrogen) atoms. The molecule has 0 bridgehead atoms. The van der Waals surface area contributed by atoms with Crippen molar-refractivity contribution < 1.29 is 18.3 Å². The quantitative estimate of drug-likeness (QED) is 0.835. The Hall–Kier alpha value is -1.57. The SMILES string of the molecule is C=C(Cl)CNc1ccc(S(=O)(=O)N(C)C)cc1C(=O)O. The molecule has 1 aromatic rings. The van der Waals surface area contributed by atoms with Crippen LogP contribution in [0.3, 0.4) is 0 Å². The number of nitrogens with zero attached hydrogens (tertiary/aromatic N) is 1. The molecule has 8 heteroatoms. The second-order valence-electron chi connectivity index (χ2n) is 4.17. The van der Waals surface area contributed by atoms with Crippen LogP contribution in [0.25, 0.3) is 0 Å². The fourth-order valence-electron chi connectivity index (χ4n) is 1.42. The van der Waals surface area contributed by atoms with Crippen molar-refractivity contribution in [2.75, 3.05) is 26.0 Å². The van der Waals surface area contributed by atoms with Gasteiger partial charge in [-0.2, -0.15) is 0 Å². The molecule has 0 atom stereocenters. The Labute approximate surface area is 122 Å². The Balaban J connectivity index is 3.27. The third kappa shape index (κ3) is 3.72. The van der Waals surface area contributed by atoms with E-state index in [2.05, 4.69) is 11.9 Å². The van der Waals surface area contributed by atoms with Gasteiger partial charge < -0.3 is 10.4 Å².